The molecule has 1 aliphatic heterocycles. The van der Waals surface area contributed by atoms with Crippen LogP contribution >= 0.6 is 0 Å². The van der Waals surface area contributed by atoms with Gasteiger partial charge in [-0.1, -0.05) is 60.2 Å². The molecule has 0 aliphatic carbocycles. The third-order valence-corrected chi connectivity index (χ3v) is 5.34. The Bertz CT molecular complexity index is 973. The second-order valence-corrected chi connectivity index (χ2v) is 7.60. The van der Waals surface area contributed by atoms with Gasteiger partial charge >= 0.3 is 0 Å². The van der Waals surface area contributed by atoms with Gasteiger partial charge in [-0.2, -0.15) is 0 Å². The number of aryl methyl sites for hydroxylation is 1. The number of nitrogens with one attached hydrogen (secondary N) is 1. The van der Waals surface area contributed by atoms with Gasteiger partial charge in [0.1, 0.15) is 5.82 Å². The zero-order valence-electron chi connectivity index (χ0n) is 16.7. The number of carbonyl (C=O) groups excluding carboxylic acids is 1. The molecular formula is C24H26N4O. The lowest BCUT2D eigenvalue weighted by Gasteiger charge is -2.33. The maximum Gasteiger partial charge on any atom is 0.225 e. The normalized spacial score (nSPS) is 16.4. The number of rotatable bonds is 5. The van der Waals surface area contributed by atoms with Crippen LogP contribution in [0.15, 0.2) is 66.9 Å². The first-order valence-corrected chi connectivity index (χ1v) is 10.2. The Kier molecular flexibility index (Phi) is 5.84. The maximum atomic E-state index is 12.8. The fraction of sp³-hybridized carbons (Fsp3) is 0.292. The number of benzene rings is 2. The van der Waals surface area contributed by atoms with Gasteiger partial charge in [0.15, 0.2) is 5.82 Å². The zero-order valence-corrected chi connectivity index (χ0v) is 16.7. The average Bonchev–Trinajstić information content (AvgIpc) is 2.78. The summed E-state index contributed by atoms with van der Waals surface area (Å²) in [5, 5.41) is 3.11. The van der Waals surface area contributed by atoms with Crippen LogP contribution in [0.5, 0.6) is 0 Å². The molecule has 1 aliphatic rings. The summed E-state index contributed by atoms with van der Waals surface area (Å²) in [5.74, 6) is 1.70. The van der Waals surface area contributed by atoms with Crippen molar-refractivity contribution < 1.29 is 4.79 Å². The van der Waals surface area contributed by atoms with Crippen molar-refractivity contribution in [3.05, 3.63) is 78.0 Å². The molecule has 0 radical (unpaired) electrons. The Morgan fingerprint density at radius 1 is 1.14 bits per heavy atom. The van der Waals surface area contributed by atoms with Gasteiger partial charge in [-0.25, -0.2) is 9.97 Å². The molecule has 1 amide bonds. The van der Waals surface area contributed by atoms with Crippen LogP contribution in [-0.4, -0.2) is 29.0 Å². The van der Waals surface area contributed by atoms with Gasteiger partial charge in [-0.3, -0.25) is 4.79 Å². The summed E-state index contributed by atoms with van der Waals surface area (Å²) < 4.78 is 0. The van der Waals surface area contributed by atoms with E-state index in [2.05, 4.69) is 34.3 Å². The number of hydrogen-bond donors (Lipinski definition) is 1. The first-order valence-electron chi connectivity index (χ1n) is 10.2. The third kappa shape index (κ3) is 4.80. The summed E-state index contributed by atoms with van der Waals surface area (Å²) in [6, 6.07) is 20.2. The third-order valence-electron chi connectivity index (χ3n) is 5.34. The van der Waals surface area contributed by atoms with Crippen molar-refractivity contribution in [2.45, 2.75) is 26.3 Å². The van der Waals surface area contributed by atoms with Gasteiger partial charge in [-0.15, -0.1) is 0 Å². The van der Waals surface area contributed by atoms with Crippen LogP contribution in [-0.2, 0) is 11.3 Å². The highest BCUT2D eigenvalue weighted by molar-refractivity contribution is 5.79. The molecule has 1 atom stereocenters. The van der Waals surface area contributed by atoms with Gasteiger partial charge in [0.05, 0.1) is 5.92 Å². The summed E-state index contributed by atoms with van der Waals surface area (Å²) in [5.41, 5.74) is 3.34. The number of nitrogens with zero attached hydrogens (tertiary/aromatic N) is 3. The van der Waals surface area contributed by atoms with Crippen LogP contribution in [0.4, 0.5) is 5.82 Å². The summed E-state index contributed by atoms with van der Waals surface area (Å²) in [6.07, 6.45) is 3.69. The Hall–Kier alpha value is -3.21. The number of hydrogen-bond acceptors (Lipinski definition) is 4. The van der Waals surface area contributed by atoms with Gasteiger partial charge < -0.3 is 10.2 Å². The molecule has 0 unspecified atom stereocenters. The Labute approximate surface area is 171 Å². The molecule has 2 aromatic carbocycles. The van der Waals surface area contributed by atoms with E-state index in [1.807, 2.05) is 48.5 Å². The van der Waals surface area contributed by atoms with Crippen molar-refractivity contribution in [3.63, 3.8) is 0 Å². The van der Waals surface area contributed by atoms with Crippen LogP contribution in [0.25, 0.3) is 11.4 Å². The first-order chi connectivity index (χ1) is 14.2. The molecule has 29 heavy (non-hydrogen) atoms. The molecule has 0 spiro atoms. The zero-order chi connectivity index (χ0) is 20.1. The van der Waals surface area contributed by atoms with Crippen molar-refractivity contribution in [2.75, 3.05) is 18.0 Å². The van der Waals surface area contributed by atoms with Crippen LogP contribution in [0.2, 0.25) is 0 Å². The quantitative estimate of drug-likeness (QED) is 0.720. The number of anilines is 1. The van der Waals surface area contributed by atoms with E-state index in [0.29, 0.717) is 18.9 Å². The molecule has 0 saturated carbocycles. The minimum Gasteiger partial charge on any atom is -0.356 e. The second-order valence-electron chi connectivity index (χ2n) is 7.60. The molecule has 0 bridgehead atoms. The minimum atomic E-state index is -0.0244. The summed E-state index contributed by atoms with van der Waals surface area (Å²) in [4.78, 5) is 24.1. The van der Waals surface area contributed by atoms with Crippen molar-refractivity contribution in [1.82, 2.24) is 15.3 Å². The monoisotopic (exact) mass is 386 g/mol. The molecule has 4 rings (SSSR count). The van der Waals surface area contributed by atoms with Crippen LogP contribution in [0.3, 0.4) is 0 Å². The van der Waals surface area contributed by atoms with Crippen LogP contribution in [0.1, 0.15) is 24.0 Å². The Morgan fingerprint density at radius 2 is 2.00 bits per heavy atom. The van der Waals surface area contributed by atoms with E-state index in [1.54, 1.807) is 6.20 Å². The first kappa shape index (κ1) is 19.1. The highest BCUT2D eigenvalue weighted by atomic mass is 16.1. The molecule has 148 valence electrons. The highest BCUT2D eigenvalue weighted by Crippen LogP contribution is 2.24. The Balaban J connectivity index is 1.41. The van der Waals surface area contributed by atoms with Gasteiger partial charge in [0.2, 0.25) is 5.91 Å². The van der Waals surface area contributed by atoms with E-state index in [9.17, 15) is 4.79 Å². The topological polar surface area (TPSA) is 58.1 Å². The van der Waals surface area contributed by atoms with E-state index >= 15 is 0 Å². The van der Waals surface area contributed by atoms with E-state index in [-0.39, 0.29) is 11.8 Å². The largest absolute Gasteiger partial charge is 0.356 e. The summed E-state index contributed by atoms with van der Waals surface area (Å²) in [6.45, 7) is 4.23. The maximum absolute atomic E-state index is 12.8. The van der Waals surface area contributed by atoms with E-state index in [1.165, 1.54) is 5.56 Å². The van der Waals surface area contributed by atoms with Crippen molar-refractivity contribution in [2.24, 2.45) is 5.92 Å². The van der Waals surface area contributed by atoms with Gasteiger partial charge in [0, 0.05) is 31.4 Å². The number of aromatic nitrogens is 2. The predicted octanol–water partition coefficient (Wildman–Crippen LogP) is 3.98. The molecule has 3 aromatic rings. The molecule has 5 nitrogen and oxygen atoms in total. The van der Waals surface area contributed by atoms with Crippen molar-refractivity contribution in [3.8, 4) is 11.4 Å². The molecule has 1 saturated heterocycles. The molecule has 5 heteroatoms. The number of amides is 1. The molecular weight excluding hydrogens is 360 g/mol. The van der Waals surface area contributed by atoms with Crippen LogP contribution < -0.4 is 10.2 Å². The SMILES string of the molecule is Cc1cccc(CNC(=O)[C@H]2CCCN(c3ccnc(-c4ccccc4)n3)C2)c1. The van der Waals surface area contributed by atoms with Crippen molar-refractivity contribution in [1.29, 1.82) is 0 Å². The fourth-order valence-electron chi connectivity index (χ4n) is 3.81. The van der Waals surface area contributed by atoms with Crippen LogP contribution in [0, 0.1) is 12.8 Å². The van der Waals surface area contributed by atoms with E-state index in [0.717, 1.165) is 36.3 Å². The fourth-order valence-corrected chi connectivity index (χ4v) is 3.81. The number of carbonyl (C=O) groups is 1. The highest BCUT2D eigenvalue weighted by Gasteiger charge is 2.26. The lowest BCUT2D eigenvalue weighted by atomic mass is 9.97. The molecule has 1 N–H and O–H groups in total. The standard InChI is InChI=1S/C24H26N4O/c1-18-7-5-8-19(15-18)16-26-24(29)21-11-6-14-28(17-21)22-12-13-25-23(27-22)20-9-3-2-4-10-20/h2-5,7-10,12-13,15,21H,6,11,14,16-17H2,1H3,(H,26,29)/t21-/m0/s1. The van der Waals surface area contributed by atoms with E-state index in [4.69, 9.17) is 4.98 Å². The lowest BCUT2D eigenvalue weighted by Crippen LogP contribution is -2.43. The summed E-state index contributed by atoms with van der Waals surface area (Å²) in [7, 11) is 0. The predicted molar refractivity (Wildman–Crippen MR) is 115 cm³/mol. The van der Waals surface area contributed by atoms with E-state index < -0.39 is 0 Å². The Morgan fingerprint density at radius 3 is 2.83 bits per heavy atom. The smallest absolute Gasteiger partial charge is 0.225 e. The molecule has 1 aromatic heterocycles. The van der Waals surface area contributed by atoms with Gasteiger partial charge in [-0.05, 0) is 31.4 Å². The second kappa shape index (κ2) is 8.86. The van der Waals surface area contributed by atoms with Gasteiger partial charge in [0.25, 0.3) is 0 Å². The molecule has 2 heterocycles. The lowest BCUT2D eigenvalue weighted by molar-refractivity contribution is -0.125. The van der Waals surface area contributed by atoms with Crippen molar-refractivity contribution >= 4 is 11.7 Å². The number of piperidine rings is 1. The minimum absolute atomic E-state index is 0.0244. The summed E-state index contributed by atoms with van der Waals surface area (Å²) >= 11 is 0. The average molecular weight is 386 g/mol. The molecule has 1 fully saturated rings.